The summed E-state index contributed by atoms with van der Waals surface area (Å²) in [6.45, 7) is 44.0. The SMILES string of the molecule is C=C(CC)CC.C=C(CC)CC.C=C(CC)OC.C=C(CC)SC.C=S(=O)(CC)CC.C=S(=O)(CC)CC.CC.CC=NCC. The van der Waals surface area contributed by atoms with Crippen molar-refractivity contribution >= 4 is 48.8 Å². The summed E-state index contributed by atoms with van der Waals surface area (Å²) in [5.74, 6) is 10.8. The Hall–Kier alpha value is -1.18. The van der Waals surface area contributed by atoms with E-state index in [0.29, 0.717) is 23.0 Å². The third-order valence-electron chi connectivity index (χ3n) is 5.84. The van der Waals surface area contributed by atoms with E-state index in [9.17, 15) is 8.42 Å². The predicted molar refractivity (Wildman–Crippen MR) is 228 cm³/mol. The van der Waals surface area contributed by atoms with Gasteiger partial charge in [-0.1, -0.05) is 121 Å². The summed E-state index contributed by atoms with van der Waals surface area (Å²) in [5.41, 5.74) is 2.69. The second-order valence-electron chi connectivity index (χ2n) is 8.95. The van der Waals surface area contributed by atoms with E-state index in [-0.39, 0.29) is 0 Å². The molecule has 0 amide bonds. The van der Waals surface area contributed by atoms with E-state index in [1.807, 2.05) is 68.6 Å². The number of ether oxygens (including phenoxy) is 1. The number of hydrogen-bond acceptors (Lipinski definition) is 5. The number of rotatable bonds is 13. The summed E-state index contributed by atoms with van der Waals surface area (Å²) in [6, 6.07) is 0. The third-order valence-corrected chi connectivity index (χ3v) is 10.9. The van der Waals surface area contributed by atoms with Crippen LogP contribution in [0.5, 0.6) is 0 Å². The number of thioether (sulfide) groups is 1. The smallest absolute Gasteiger partial charge is 0.0881 e. The van der Waals surface area contributed by atoms with Crippen molar-refractivity contribution in [2.45, 2.75) is 135 Å². The molecule has 0 radical (unpaired) electrons. The standard InChI is InChI=1S/2C6H12.2C5H12OS.C5H10O.C5H10S.C4H9N.C2H6/c2*1-4-6(3)5-2;2*1-4-7(3,6)5-2;2*1-4-5(2)6-3;1-3-5-4-2;1-2/h2*3-5H2,1-2H3;2*3-5H2,1-2H3;2*2,4H2,1,3H3;3H,4H2,1-2H3;1-2H3. The number of aliphatic imine (C=N–C) groups is 1. The molecule has 0 unspecified atom stereocenters. The summed E-state index contributed by atoms with van der Waals surface area (Å²) < 4.78 is 26.3. The van der Waals surface area contributed by atoms with Gasteiger partial charge in [0.2, 0.25) is 0 Å². The van der Waals surface area contributed by atoms with Gasteiger partial charge in [0.1, 0.15) is 0 Å². The van der Waals surface area contributed by atoms with Gasteiger partial charge >= 0.3 is 0 Å². The molecule has 276 valence electrons. The van der Waals surface area contributed by atoms with Crippen LogP contribution in [-0.2, 0) is 23.8 Å². The van der Waals surface area contributed by atoms with Gasteiger partial charge in [0, 0.05) is 36.0 Å². The van der Waals surface area contributed by atoms with Crippen LogP contribution in [-0.4, -0.2) is 69.3 Å². The summed E-state index contributed by atoms with van der Waals surface area (Å²) >= 11 is 1.73. The van der Waals surface area contributed by atoms with Crippen LogP contribution in [0.4, 0.5) is 0 Å². The van der Waals surface area contributed by atoms with Gasteiger partial charge in [-0.25, -0.2) is 0 Å². The van der Waals surface area contributed by atoms with Crippen molar-refractivity contribution in [1.29, 1.82) is 0 Å². The first-order chi connectivity index (χ1) is 20.9. The molecular formula is C38H83NO3S3. The van der Waals surface area contributed by atoms with Crippen LogP contribution >= 0.6 is 11.8 Å². The van der Waals surface area contributed by atoms with Crippen LogP contribution < -0.4 is 0 Å². The molecule has 0 fully saturated rings. The first-order valence-corrected chi connectivity index (χ1v) is 22.1. The minimum absolute atomic E-state index is 0.712. The molecule has 0 atom stereocenters. The fraction of sp³-hybridized carbons (Fsp3) is 0.711. The summed E-state index contributed by atoms with van der Waals surface area (Å²) in [4.78, 5) is 5.11. The van der Waals surface area contributed by atoms with Crippen molar-refractivity contribution in [2.75, 3.05) is 42.9 Å². The Bertz CT molecular complexity index is 713. The lowest BCUT2D eigenvalue weighted by molar-refractivity contribution is 0.283. The van der Waals surface area contributed by atoms with E-state index in [1.54, 1.807) is 25.1 Å². The topological polar surface area (TPSA) is 55.7 Å². The lowest BCUT2D eigenvalue weighted by Gasteiger charge is -1.96. The summed E-state index contributed by atoms with van der Waals surface area (Å²) in [5, 5.41) is 0. The number of nitrogens with zero attached hydrogens (tertiary/aromatic N) is 1. The van der Waals surface area contributed by atoms with Gasteiger partial charge in [0.15, 0.2) is 0 Å². The van der Waals surface area contributed by atoms with E-state index in [2.05, 4.69) is 77.7 Å². The van der Waals surface area contributed by atoms with Crippen LogP contribution in [0.25, 0.3) is 0 Å². The molecule has 0 N–H and O–H groups in total. The molecular weight excluding hydrogens is 615 g/mol. The van der Waals surface area contributed by atoms with Gasteiger partial charge in [-0.3, -0.25) is 13.4 Å². The normalized spacial score (nSPS) is 9.24. The van der Waals surface area contributed by atoms with Crippen molar-refractivity contribution in [2.24, 2.45) is 4.99 Å². The highest BCUT2D eigenvalue weighted by molar-refractivity contribution is 8.02. The molecule has 0 spiro atoms. The second kappa shape index (κ2) is 52.4. The quantitative estimate of drug-likeness (QED) is 0.0832. The van der Waals surface area contributed by atoms with E-state index < -0.39 is 19.0 Å². The average molecular weight is 698 g/mol. The van der Waals surface area contributed by atoms with Crippen LogP contribution in [0.2, 0.25) is 0 Å². The van der Waals surface area contributed by atoms with Gasteiger partial charge in [0.25, 0.3) is 0 Å². The third kappa shape index (κ3) is 85.9. The summed E-state index contributed by atoms with van der Waals surface area (Å²) in [6.07, 6.45) is 10.4. The Morgan fingerprint density at radius 3 is 0.933 bits per heavy atom. The Balaban J connectivity index is -0.0000000587. The van der Waals surface area contributed by atoms with Crippen LogP contribution in [0.3, 0.4) is 0 Å². The van der Waals surface area contributed by atoms with Gasteiger partial charge in [-0.15, -0.1) is 11.8 Å². The van der Waals surface area contributed by atoms with E-state index in [0.717, 1.165) is 50.8 Å². The molecule has 4 nitrogen and oxygen atoms in total. The molecule has 7 heteroatoms. The lowest BCUT2D eigenvalue weighted by Crippen LogP contribution is -2.04. The largest absolute Gasteiger partial charge is 0.502 e. The van der Waals surface area contributed by atoms with Gasteiger partial charge < -0.3 is 4.74 Å². The fourth-order valence-electron chi connectivity index (χ4n) is 1.38. The predicted octanol–water partition coefficient (Wildman–Crippen LogP) is 12.2. The highest BCUT2D eigenvalue weighted by Gasteiger charge is 1.91. The maximum atomic E-state index is 10.8. The number of hydrogen-bond donors (Lipinski definition) is 0. The van der Waals surface area contributed by atoms with Crippen LogP contribution in [0.15, 0.2) is 53.1 Å². The molecule has 45 heavy (non-hydrogen) atoms. The van der Waals surface area contributed by atoms with E-state index in [4.69, 9.17) is 4.74 Å². The van der Waals surface area contributed by atoms with E-state index >= 15 is 0 Å². The van der Waals surface area contributed by atoms with Crippen molar-refractivity contribution < 1.29 is 13.2 Å². The molecule has 0 bridgehead atoms. The van der Waals surface area contributed by atoms with Gasteiger partial charge in [-0.05, 0) is 94.1 Å². The van der Waals surface area contributed by atoms with Crippen molar-refractivity contribution in [3.8, 4) is 0 Å². The first kappa shape index (κ1) is 62.6. The van der Waals surface area contributed by atoms with Gasteiger partial charge in [-0.2, -0.15) is 0 Å². The minimum Gasteiger partial charge on any atom is -0.502 e. The Labute approximate surface area is 292 Å². The molecule has 0 aromatic heterocycles. The second-order valence-corrected chi connectivity index (χ2v) is 16.1. The van der Waals surface area contributed by atoms with Crippen LogP contribution in [0, 0.1) is 0 Å². The Morgan fingerprint density at radius 1 is 0.644 bits per heavy atom. The molecule has 0 saturated heterocycles. The van der Waals surface area contributed by atoms with E-state index in [1.165, 1.54) is 16.1 Å². The Morgan fingerprint density at radius 2 is 0.933 bits per heavy atom. The monoisotopic (exact) mass is 698 g/mol. The zero-order valence-corrected chi connectivity index (χ0v) is 35.9. The highest BCUT2D eigenvalue weighted by atomic mass is 32.2. The number of methoxy groups -OCH3 is 1. The molecule has 0 rings (SSSR count). The molecule has 0 aliphatic heterocycles. The first-order valence-electron chi connectivity index (χ1n) is 16.8. The molecule has 0 saturated carbocycles. The maximum absolute atomic E-state index is 10.8. The van der Waals surface area contributed by atoms with Crippen molar-refractivity contribution in [3.63, 3.8) is 0 Å². The molecule has 0 aromatic rings. The minimum atomic E-state index is -1.66. The Kier molecular flexibility index (Phi) is 72.9. The highest BCUT2D eigenvalue weighted by Crippen LogP contribution is 2.10. The molecule has 0 heterocycles. The fourth-order valence-corrected chi connectivity index (χ4v) is 2.48. The zero-order valence-electron chi connectivity index (χ0n) is 33.5. The van der Waals surface area contributed by atoms with Crippen LogP contribution in [0.1, 0.15) is 135 Å². The van der Waals surface area contributed by atoms with Crippen molar-refractivity contribution in [3.05, 3.63) is 48.1 Å². The van der Waals surface area contributed by atoms with Gasteiger partial charge in [0.05, 0.1) is 12.9 Å². The van der Waals surface area contributed by atoms with Crippen molar-refractivity contribution in [1.82, 2.24) is 0 Å². The molecule has 0 aliphatic carbocycles. The molecule has 0 aromatic carbocycles. The lowest BCUT2D eigenvalue weighted by atomic mass is 10.2. The number of allylic oxidation sites excluding steroid dienone is 4. The summed E-state index contributed by atoms with van der Waals surface area (Å²) in [7, 11) is -1.68. The maximum Gasteiger partial charge on any atom is 0.0881 e. The zero-order chi connectivity index (χ0) is 37.9. The average Bonchev–Trinajstić information content (AvgIpc) is 3.09. The molecule has 0 aliphatic rings.